The van der Waals surface area contributed by atoms with E-state index in [4.69, 9.17) is 4.74 Å². The summed E-state index contributed by atoms with van der Waals surface area (Å²) in [6, 6.07) is 14.9. The second kappa shape index (κ2) is 9.32. The van der Waals surface area contributed by atoms with E-state index in [1.165, 1.54) is 48.5 Å². The number of ketones is 2. The van der Waals surface area contributed by atoms with Crippen LogP contribution in [-0.4, -0.2) is 33.4 Å². The van der Waals surface area contributed by atoms with Crippen molar-refractivity contribution >= 4 is 55.8 Å². The highest BCUT2D eigenvalue weighted by atomic mass is 32.1. The normalized spacial score (nSPS) is 15.1. The molecule has 4 aromatic rings. The molecule has 0 unspecified atom stereocenters. The SMILES string of the molecule is O=C(Nc1nc2ccc([N+](=O)[O-])cc2s1)C(=O)[C@@H](C(=O)c1ccccc1F)[C@H]1OC(=O)c2ccccc21. The fraction of sp³-hybridized carbons (Fsp3) is 0.0800. The molecular formula is C25H14FN3O7S. The minimum atomic E-state index is -1.88. The number of ether oxygens (including phenoxy) is 1. The van der Waals surface area contributed by atoms with Gasteiger partial charge >= 0.3 is 5.97 Å². The van der Waals surface area contributed by atoms with Gasteiger partial charge in [0.25, 0.3) is 11.6 Å². The van der Waals surface area contributed by atoms with Crippen LogP contribution >= 0.6 is 11.3 Å². The van der Waals surface area contributed by atoms with Crippen LogP contribution < -0.4 is 5.32 Å². The molecule has 1 amide bonds. The number of hydrogen-bond donors (Lipinski definition) is 1. The molecule has 0 saturated carbocycles. The van der Waals surface area contributed by atoms with E-state index in [1.54, 1.807) is 12.1 Å². The summed E-state index contributed by atoms with van der Waals surface area (Å²) < 4.78 is 20.2. The third kappa shape index (κ3) is 4.34. The molecule has 0 saturated heterocycles. The van der Waals surface area contributed by atoms with Crippen LogP contribution in [0.2, 0.25) is 0 Å². The van der Waals surface area contributed by atoms with Crippen LogP contribution in [0.5, 0.6) is 0 Å². The quantitative estimate of drug-likeness (QED) is 0.0952. The minimum Gasteiger partial charge on any atom is -0.453 e. The Morgan fingerprint density at radius 1 is 1.08 bits per heavy atom. The summed E-state index contributed by atoms with van der Waals surface area (Å²) in [4.78, 5) is 66.7. The molecule has 0 radical (unpaired) electrons. The molecule has 10 nitrogen and oxygen atoms in total. The number of aromatic nitrogens is 1. The minimum absolute atomic E-state index is 0.0465. The first-order valence-electron chi connectivity index (χ1n) is 10.7. The topological polar surface area (TPSA) is 146 Å². The second-order valence-electron chi connectivity index (χ2n) is 7.98. The number of fused-ring (bicyclic) bond motifs is 2. The van der Waals surface area contributed by atoms with Crippen LogP contribution in [0.25, 0.3) is 10.2 Å². The first-order chi connectivity index (χ1) is 17.7. The van der Waals surface area contributed by atoms with E-state index in [-0.39, 0.29) is 21.9 Å². The number of non-ortho nitro benzene ring substituents is 1. The monoisotopic (exact) mass is 519 g/mol. The summed E-state index contributed by atoms with van der Waals surface area (Å²) in [6.45, 7) is 0. The number of hydrogen-bond acceptors (Lipinski definition) is 9. The highest BCUT2D eigenvalue weighted by Gasteiger charge is 2.46. The van der Waals surface area contributed by atoms with Crippen LogP contribution in [0.1, 0.15) is 32.4 Å². The van der Waals surface area contributed by atoms with Crippen molar-refractivity contribution in [3.05, 3.63) is 99.4 Å². The van der Waals surface area contributed by atoms with E-state index >= 15 is 0 Å². The average Bonchev–Trinajstić information content (AvgIpc) is 3.44. The van der Waals surface area contributed by atoms with Crippen molar-refractivity contribution in [3.63, 3.8) is 0 Å². The van der Waals surface area contributed by atoms with Crippen LogP contribution in [0, 0.1) is 21.8 Å². The number of anilines is 1. The van der Waals surface area contributed by atoms with Gasteiger partial charge in [0, 0.05) is 17.7 Å². The lowest BCUT2D eigenvalue weighted by Crippen LogP contribution is -2.38. The summed E-state index contributed by atoms with van der Waals surface area (Å²) >= 11 is 0.885. The summed E-state index contributed by atoms with van der Waals surface area (Å²) in [6.07, 6.45) is -1.45. The third-order valence-corrected chi connectivity index (χ3v) is 6.69. The van der Waals surface area contributed by atoms with Crippen LogP contribution in [0.3, 0.4) is 0 Å². The van der Waals surface area contributed by atoms with Gasteiger partial charge in [0.1, 0.15) is 17.8 Å². The van der Waals surface area contributed by atoms with Gasteiger partial charge in [0.2, 0.25) is 5.78 Å². The fourth-order valence-corrected chi connectivity index (χ4v) is 4.92. The van der Waals surface area contributed by atoms with Gasteiger partial charge < -0.3 is 4.74 Å². The molecule has 1 N–H and O–H groups in total. The van der Waals surface area contributed by atoms with Crippen molar-refractivity contribution in [1.82, 2.24) is 4.98 Å². The second-order valence-corrected chi connectivity index (χ2v) is 9.01. The van der Waals surface area contributed by atoms with E-state index in [0.717, 1.165) is 17.4 Å². The highest BCUT2D eigenvalue weighted by molar-refractivity contribution is 7.22. The summed E-state index contributed by atoms with van der Waals surface area (Å²) in [5, 5.41) is 13.3. The van der Waals surface area contributed by atoms with Crippen molar-refractivity contribution in [1.29, 1.82) is 0 Å². The number of cyclic esters (lactones) is 1. The van der Waals surface area contributed by atoms with Gasteiger partial charge in [-0.15, -0.1) is 0 Å². The number of nitrogens with one attached hydrogen (secondary N) is 1. The number of Topliss-reactive ketones (excluding diaryl/α,β-unsaturated/α-hetero) is 2. The zero-order chi connectivity index (χ0) is 26.3. The van der Waals surface area contributed by atoms with Crippen LogP contribution in [0.15, 0.2) is 66.7 Å². The highest BCUT2D eigenvalue weighted by Crippen LogP contribution is 2.38. The standard InChI is InChI=1S/C25H14FN3O7S/c26-16-8-4-3-7-15(16)20(30)19(22-13-5-1-2-6-14(13)24(33)36-22)21(31)23(32)28-25-27-17-10-9-12(29(34)35)11-18(17)37-25/h1-11,19,22H,(H,27,28,32)/t19-,22+/m1/s1. The number of rotatable bonds is 7. The molecule has 0 spiro atoms. The largest absolute Gasteiger partial charge is 0.453 e. The Kier molecular flexibility index (Phi) is 6.01. The average molecular weight is 519 g/mol. The van der Waals surface area contributed by atoms with Gasteiger partial charge in [-0.1, -0.05) is 41.7 Å². The Balaban J connectivity index is 1.49. The molecule has 1 aromatic heterocycles. The Bertz CT molecular complexity index is 1630. The van der Waals surface area contributed by atoms with Gasteiger partial charge in [-0.3, -0.25) is 29.8 Å². The van der Waals surface area contributed by atoms with Crippen molar-refractivity contribution in [2.45, 2.75) is 6.10 Å². The predicted molar refractivity (Wildman–Crippen MR) is 129 cm³/mol. The van der Waals surface area contributed by atoms with Gasteiger partial charge in [-0.05, 0) is 24.3 Å². The fourth-order valence-electron chi connectivity index (χ4n) is 4.02. The van der Waals surface area contributed by atoms with Crippen LogP contribution in [0.4, 0.5) is 15.2 Å². The molecule has 3 aromatic carbocycles. The molecular weight excluding hydrogens is 505 g/mol. The molecule has 184 valence electrons. The third-order valence-electron chi connectivity index (χ3n) is 5.76. The van der Waals surface area contributed by atoms with Gasteiger partial charge in [0.05, 0.1) is 26.3 Å². The van der Waals surface area contributed by atoms with E-state index in [1.807, 2.05) is 0 Å². The summed E-state index contributed by atoms with van der Waals surface area (Å²) in [7, 11) is 0. The number of carbonyl (C=O) groups is 4. The number of benzene rings is 3. The van der Waals surface area contributed by atoms with Gasteiger partial charge in [-0.2, -0.15) is 0 Å². The van der Waals surface area contributed by atoms with Crippen molar-refractivity contribution < 1.29 is 33.2 Å². The molecule has 0 fully saturated rings. The molecule has 1 aliphatic heterocycles. The van der Waals surface area contributed by atoms with E-state index in [9.17, 15) is 33.7 Å². The molecule has 2 atom stereocenters. The molecule has 12 heteroatoms. The maximum Gasteiger partial charge on any atom is 0.339 e. The molecule has 2 heterocycles. The lowest BCUT2D eigenvalue weighted by molar-refractivity contribution is -0.384. The molecule has 5 rings (SSSR count). The van der Waals surface area contributed by atoms with E-state index in [2.05, 4.69) is 10.3 Å². The maximum absolute atomic E-state index is 14.5. The lowest BCUT2D eigenvalue weighted by Gasteiger charge is -2.21. The zero-order valence-corrected chi connectivity index (χ0v) is 19.4. The Morgan fingerprint density at radius 2 is 1.81 bits per heavy atom. The smallest absolute Gasteiger partial charge is 0.339 e. The number of amides is 1. The van der Waals surface area contributed by atoms with Gasteiger partial charge in [0.15, 0.2) is 10.9 Å². The number of nitro benzene ring substituents is 1. The first kappa shape index (κ1) is 23.9. The summed E-state index contributed by atoms with van der Waals surface area (Å²) in [5.41, 5.74) is 0.0650. The molecule has 37 heavy (non-hydrogen) atoms. The number of thiazole rings is 1. The van der Waals surface area contributed by atoms with Crippen LogP contribution in [-0.2, 0) is 14.3 Å². The molecule has 0 bridgehead atoms. The lowest BCUT2D eigenvalue weighted by atomic mass is 9.84. The van der Waals surface area contributed by atoms with Crippen molar-refractivity contribution in [2.75, 3.05) is 5.32 Å². The van der Waals surface area contributed by atoms with Crippen molar-refractivity contribution in [3.8, 4) is 0 Å². The summed E-state index contributed by atoms with van der Waals surface area (Å²) in [5.74, 6) is -7.12. The zero-order valence-electron chi connectivity index (χ0n) is 18.5. The Labute approximate surface area is 210 Å². The predicted octanol–water partition coefficient (Wildman–Crippen LogP) is 4.26. The first-order valence-corrected chi connectivity index (χ1v) is 11.5. The van der Waals surface area contributed by atoms with Crippen molar-refractivity contribution in [2.24, 2.45) is 5.92 Å². The number of halogens is 1. The Morgan fingerprint density at radius 3 is 2.57 bits per heavy atom. The number of nitrogens with zero attached hydrogens (tertiary/aromatic N) is 2. The maximum atomic E-state index is 14.5. The molecule has 1 aliphatic rings. The molecule has 0 aliphatic carbocycles. The number of esters is 1. The number of carbonyl (C=O) groups excluding carboxylic acids is 4. The number of nitro groups is 1. The van der Waals surface area contributed by atoms with E-state index < -0.39 is 51.8 Å². The Hall–Kier alpha value is -4.84. The van der Waals surface area contributed by atoms with E-state index in [0.29, 0.717) is 10.2 Å². The van der Waals surface area contributed by atoms with Gasteiger partial charge in [-0.25, -0.2) is 14.2 Å².